The number of hydrogen-bond acceptors (Lipinski definition) is 7. The quantitative estimate of drug-likeness (QED) is 0.569. The molecule has 1 N–H and O–H groups in total. The monoisotopic (exact) mass is 515 g/mol. The van der Waals surface area contributed by atoms with E-state index >= 15 is 0 Å². The molecule has 1 aliphatic carbocycles. The predicted molar refractivity (Wildman–Crippen MR) is 132 cm³/mol. The van der Waals surface area contributed by atoms with E-state index in [9.17, 15) is 23.5 Å². The number of aromatic nitrogens is 3. The number of rotatable bonds is 3. The van der Waals surface area contributed by atoms with Crippen LogP contribution in [-0.4, -0.2) is 50.5 Å². The Morgan fingerprint density at radius 1 is 1.19 bits per heavy atom. The van der Waals surface area contributed by atoms with Gasteiger partial charge in [-0.15, -0.1) is 10.2 Å². The van der Waals surface area contributed by atoms with E-state index in [-0.39, 0.29) is 27.7 Å². The first-order valence-electron chi connectivity index (χ1n) is 11.8. The van der Waals surface area contributed by atoms with E-state index in [1.807, 2.05) is 12.1 Å². The van der Waals surface area contributed by atoms with Gasteiger partial charge in [0.1, 0.15) is 22.3 Å². The van der Waals surface area contributed by atoms with Gasteiger partial charge < -0.3 is 10.0 Å². The van der Waals surface area contributed by atoms with Crippen molar-refractivity contribution < 1.29 is 18.7 Å². The van der Waals surface area contributed by atoms with Gasteiger partial charge in [-0.3, -0.25) is 19.3 Å². The fourth-order valence-corrected chi connectivity index (χ4v) is 6.64. The lowest BCUT2D eigenvalue weighted by molar-refractivity contribution is 0.0231. The van der Waals surface area contributed by atoms with Crippen LogP contribution < -0.4 is 10.4 Å². The van der Waals surface area contributed by atoms with Crippen LogP contribution in [0.15, 0.2) is 29.2 Å². The standard InChI is InChI=1S/C25H27F2N5O3S/c1-12-8-9-25(14(12)3)30(4)24(35)19-21(34)20(33)17(11-32(19)31(25)5)23-29-28-22(36-23)13(2)16-7-6-15(26)10-18(16)27/h6-7,10-14,34H,8-9H2,1-5H3/t12-,13?,14-,25?/m0/s1. The number of halogens is 2. The van der Waals surface area contributed by atoms with Crippen LogP contribution in [-0.2, 0) is 0 Å². The van der Waals surface area contributed by atoms with Crippen molar-refractivity contribution in [2.24, 2.45) is 11.8 Å². The van der Waals surface area contributed by atoms with Gasteiger partial charge in [0.15, 0.2) is 16.5 Å². The Labute approximate surface area is 210 Å². The first kappa shape index (κ1) is 24.4. The molecular formula is C25H27F2N5O3S. The molecule has 0 saturated heterocycles. The van der Waals surface area contributed by atoms with Crippen molar-refractivity contribution in [1.82, 2.24) is 19.8 Å². The third-order valence-corrected chi connectivity index (χ3v) is 9.30. The Morgan fingerprint density at radius 2 is 1.92 bits per heavy atom. The molecule has 0 radical (unpaired) electrons. The average Bonchev–Trinajstić information content (AvgIpc) is 3.44. The topological polar surface area (TPSA) is 91.6 Å². The second-order valence-corrected chi connectivity index (χ2v) is 10.8. The maximum atomic E-state index is 14.3. The minimum atomic E-state index is -0.733. The maximum Gasteiger partial charge on any atom is 0.278 e. The number of carbonyl (C=O) groups is 1. The zero-order valence-electron chi connectivity index (χ0n) is 20.6. The summed E-state index contributed by atoms with van der Waals surface area (Å²) < 4.78 is 29.2. The summed E-state index contributed by atoms with van der Waals surface area (Å²) in [6, 6.07) is 3.35. The van der Waals surface area contributed by atoms with Crippen LogP contribution in [0.25, 0.3) is 10.6 Å². The number of fused-ring (bicyclic) bond motifs is 1. The van der Waals surface area contributed by atoms with Gasteiger partial charge in [-0.1, -0.05) is 38.2 Å². The number of pyridine rings is 1. The molecule has 1 spiro atoms. The molecule has 2 aromatic heterocycles. The number of nitrogens with zero attached hydrogens (tertiary/aromatic N) is 5. The van der Waals surface area contributed by atoms with Gasteiger partial charge in [0, 0.05) is 38.2 Å². The summed E-state index contributed by atoms with van der Waals surface area (Å²) in [7, 11) is 3.56. The number of hydrogen-bond donors (Lipinski definition) is 1. The van der Waals surface area contributed by atoms with Gasteiger partial charge in [-0.25, -0.2) is 8.78 Å². The first-order valence-corrected chi connectivity index (χ1v) is 12.6. The van der Waals surface area contributed by atoms with Crippen LogP contribution >= 0.6 is 11.3 Å². The summed E-state index contributed by atoms with van der Waals surface area (Å²) in [5, 5.41) is 21.7. The molecule has 11 heteroatoms. The lowest BCUT2D eigenvalue weighted by atomic mass is 9.89. The summed E-state index contributed by atoms with van der Waals surface area (Å²) in [6.45, 7) is 5.98. The van der Waals surface area contributed by atoms with Crippen molar-refractivity contribution in [2.75, 3.05) is 19.1 Å². The Hall–Kier alpha value is -3.34. The molecule has 1 amide bonds. The van der Waals surface area contributed by atoms with Crippen molar-refractivity contribution in [2.45, 2.75) is 45.2 Å². The van der Waals surface area contributed by atoms with E-state index in [1.165, 1.54) is 18.3 Å². The Morgan fingerprint density at radius 3 is 2.56 bits per heavy atom. The zero-order chi connectivity index (χ0) is 26.1. The second-order valence-electron chi connectivity index (χ2n) is 9.82. The molecule has 2 aliphatic rings. The minimum Gasteiger partial charge on any atom is -0.502 e. The van der Waals surface area contributed by atoms with E-state index in [1.54, 1.807) is 23.5 Å². The van der Waals surface area contributed by atoms with Gasteiger partial charge in [0.25, 0.3) is 5.91 Å². The lowest BCUT2D eigenvalue weighted by Crippen LogP contribution is -2.69. The molecule has 0 bridgehead atoms. The number of benzene rings is 1. The molecule has 3 aromatic rings. The molecular weight excluding hydrogens is 488 g/mol. The Kier molecular flexibility index (Phi) is 5.66. The van der Waals surface area contributed by atoms with Gasteiger partial charge >= 0.3 is 0 Å². The second kappa shape index (κ2) is 8.36. The molecule has 1 aliphatic heterocycles. The maximum absolute atomic E-state index is 14.3. The normalized spacial score (nSPS) is 24.5. The van der Waals surface area contributed by atoms with Crippen LogP contribution in [0.3, 0.4) is 0 Å². The average molecular weight is 516 g/mol. The van der Waals surface area contributed by atoms with Crippen molar-refractivity contribution in [3.63, 3.8) is 0 Å². The van der Waals surface area contributed by atoms with E-state index < -0.39 is 40.3 Å². The molecule has 2 unspecified atom stereocenters. The van der Waals surface area contributed by atoms with Crippen molar-refractivity contribution in [3.8, 4) is 16.3 Å². The highest BCUT2D eigenvalue weighted by Gasteiger charge is 2.55. The van der Waals surface area contributed by atoms with E-state index in [0.29, 0.717) is 10.9 Å². The smallest absolute Gasteiger partial charge is 0.278 e. The highest BCUT2D eigenvalue weighted by Crippen LogP contribution is 2.47. The SMILES string of the molecule is CC(c1nnc(-c2cn3c(c(O)c2=O)C(=O)N(C)C2(CC[C@H](C)[C@@H]2C)N3C)s1)c1ccc(F)cc1F. The molecule has 3 heterocycles. The summed E-state index contributed by atoms with van der Waals surface area (Å²) in [5.74, 6) is -2.45. The molecule has 1 saturated carbocycles. The summed E-state index contributed by atoms with van der Waals surface area (Å²) in [6.07, 6.45) is 3.21. The highest BCUT2D eigenvalue weighted by molar-refractivity contribution is 7.14. The summed E-state index contributed by atoms with van der Waals surface area (Å²) in [4.78, 5) is 28.2. The highest BCUT2D eigenvalue weighted by atomic mass is 32.1. The summed E-state index contributed by atoms with van der Waals surface area (Å²) in [5.41, 5.74) is -1.10. The molecule has 1 fully saturated rings. The van der Waals surface area contributed by atoms with E-state index in [4.69, 9.17) is 0 Å². The van der Waals surface area contributed by atoms with Gasteiger partial charge in [0.2, 0.25) is 5.43 Å². The van der Waals surface area contributed by atoms with Crippen molar-refractivity contribution in [3.05, 3.63) is 62.5 Å². The van der Waals surface area contributed by atoms with Crippen LogP contribution in [0.4, 0.5) is 8.78 Å². The fourth-order valence-electron chi connectivity index (χ4n) is 5.72. The molecule has 8 nitrogen and oxygen atoms in total. The molecule has 4 atom stereocenters. The van der Waals surface area contributed by atoms with Gasteiger partial charge in [0.05, 0.1) is 5.56 Å². The zero-order valence-corrected chi connectivity index (χ0v) is 21.4. The molecule has 5 rings (SSSR count). The van der Waals surface area contributed by atoms with E-state index in [0.717, 1.165) is 30.2 Å². The number of carbonyl (C=O) groups excluding carboxylic acids is 1. The predicted octanol–water partition coefficient (Wildman–Crippen LogP) is 3.92. The Balaban J connectivity index is 1.60. The Bertz CT molecular complexity index is 1440. The number of amides is 1. The van der Waals surface area contributed by atoms with Crippen molar-refractivity contribution >= 4 is 17.2 Å². The molecule has 1 aromatic carbocycles. The van der Waals surface area contributed by atoms with Crippen LogP contribution in [0.2, 0.25) is 0 Å². The largest absolute Gasteiger partial charge is 0.502 e. The van der Waals surface area contributed by atoms with Crippen molar-refractivity contribution in [1.29, 1.82) is 0 Å². The summed E-state index contributed by atoms with van der Waals surface area (Å²) >= 11 is 1.08. The number of aromatic hydroxyl groups is 1. The van der Waals surface area contributed by atoms with Gasteiger partial charge in [-0.05, 0) is 30.4 Å². The fraction of sp³-hybridized carbons (Fsp3) is 0.440. The van der Waals surface area contributed by atoms with Crippen LogP contribution in [0.1, 0.15) is 60.6 Å². The molecule has 190 valence electrons. The van der Waals surface area contributed by atoms with E-state index in [2.05, 4.69) is 24.0 Å². The van der Waals surface area contributed by atoms with Crippen LogP contribution in [0, 0.1) is 23.5 Å². The lowest BCUT2D eigenvalue weighted by Gasteiger charge is -2.54. The third kappa shape index (κ3) is 3.28. The third-order valence-electron chi connectivity index (χ3n) is 8.16. The molecule has 36 heavy (non-hydrogen) atoms. The van der Waals surface area contributed by atoms with Crippen LogP contribution in [0.5, 0.6) is 5.75 Å². The minimum absolute atomic E-state index is 0.0878. The first-order chi connectivity index (χ1) is 17.0. The van der Waals surface area contributed by atoms with Gasteiger partial charge in [-0.2, -0.15) is 0 Å².